The fourth-order valence-corrected chi connectivity index (χ4v) is 4.74. The lowest BCUT2D eigenvalue weighted by molar-refractivity contribution is -0.133. The summed E-state index contributed by atoms with van der Waals surface area (Å²) in [5.74, 6) is 2.29. The summed E-state index contributed by atoms with van der Waals surface area (Å²) in [7, 11) is 3.30. The zero-order chi connectivity index (χ0) is 24.5. The zero-order valence-electron chi connectivity index (χ0n) is 20.7. The third-order valence-electron chi connectivity index (χ3n) is 6.78. The fourth-order valence-electron chi connectivity index (χ4n) is 4.74. The molecule has 5 heteroatoms. The van der Waals surface area contributed by atoms with Crippen molar-refractivity contribution in [2.45, 2.75) is 31.8 Å². The van der Waals surface area contributed by atoms with Gasteiger partial charge in [0.15, 0.2) is 0 Å². The van der Waals surface area contributed by atoms with E-state index in [9.17, 15) is 4.79 Å². The molecule has 0 aromatic heterocycles. The van der Waals surface area contributed by atoms with Crippen LogP contribution < -0.4 is 9.47 Å². The molecule has 3 aromatic carbocycles. The number of carbonyl (C=O) groups excluding carboxylic acids is 1. The highest BCUT2D eigenvalue weighted by molar-refractivity contribution is 5.78. The minimum atomic E-state index is 0.0748. The van der Waals surface area contributed by atoms with Gasteiger partial charge in [-0.05, 0) is 47.6 Å². The van der Waals surface area contributed by atoms with E-state index in [0.717, 1.165) is 43.0 Å². The van der Waals surface area contributed by atoms with Crippen LogP contribution in [0.1, 0.15) is 41.9 Å². The van der Waals surface area contributed by atoms with Crippen molar-refractivity contribution in [2.75, 3.05) is 33.9 Å². The monoisotopic (exact) mass is 473 g/mol. The first-order valence-corrected chi connectivity index (χ1v) is 12.3. The minimum Gasteiger partial charge on any atom is -0.497 e. The van der Waals surface area contributed by atoms with Gasteiger partial charge in [-0.15, -0.1) is 0 Å². The molecule has 5 nitrogen and oxygen atoms in total. The Morgan fingerprint density at radius 1 is 0.857 bits per heavy atom. The predicted molar refractivity (Wildman–Crippen MR) is 138 cm³/mol. The average molecular weight is 474 g/mol. The van der Waals surface area contributed by atoms with E-state index in [1.54, 1.807) is 14.2 Å². The molecule has 0 aliphatic carbocycles. The van der Waals surface area contributed by atoms with Crippen molar-refractivity contribution in [2.24, 2.45) is 5.92 Å². The van der Waals surface area contributed by atoms with Crippen LogP contribution in [-0.2, 0) is 16.1 Å². The maximum absolute atomic E-state index is 13.3. The first-order chi connectivity index (χ1) is 17.2. The highest BCUT2D eigenvalue weighted by Gasteiger charge is 2.26. The van der Waals surface area contributed by atoms with Gasteiger partial charge in [-0.1, -0.05) is 60.7 Å². The van der Waals surface area contributed by atoms with Gasteiger partial charge in [0.1, 0.15) is 11.5 Å². The number of likely N-dealkylation sites (tertiary alicyclic amines) is 1. The summed E-state index contributed by atoms with van der Waals surface area (Å²) in [6, 6.07) is 26.5. The summed E-state index contributed by atoms with van der Waals surface area (Å²) in [6.45, 7) is 2.78. The van der Waals surface area contributed by atoms with Crippen molar-refractivity contribution in [3.8, 4) is 11.5 Å². The second kappa shape index (κ2) is 12.4. The van der Waals surface area contributed by atoms with Gasteiger partial charge in [-0.25, -0.2) is 0 Å². The maximum Gasteiger partial charge on any atom is 0.223 e. The molecular formula is C30H35NO4. The van der Waals surface area contributed by atoms with E-state index in [2.05, 4.69) is 24.3 Å². The largest absolute Gasteiger partial charge is 0.497 e. The van der Waals surface area contributed by atoms with Crippen LogP contribution in [0.3, 0.4) is 0 Å². The van der Waals surface area contributed by atoms with E-state index in [4.69, 9.17) is 14.2 Å². The van der Waals surface area contributed by atoms with Gasteiger partial charge in [0, 0.05) is 38.1 Å². The van der Waals surface area contributed by atoms with E-state index in [1.165, 1.54) is 11.1 Å². The van der Waals surface area contributed by atoms with Gasteiger partial charge >= 0.3 is 0 Å². The van der Waals surface area contributed by atoms with E-state index in [1.807, 2.05) is 59.5 Å². The molecule has 0 saturated carbocycles. The van der Waals surface area contributed by atoms with Crippen LogP contribution in [-0.4, -0.2) is 44.7 Å². The van der Waals surface area contributed by atoms with E-state index < -0.39 is 0 Å². The number of methoxy groups -OCH3 is 2. The highest BCUT2D eigenvalue weighted by Crippen LogP contribution is 2.30. The number of benzene rings is 3. The number of carbonyl (C=O) groups is 1. The molecule has 1 heterocycles. The topological polar surface area (TPSA) is 48.0 Å². The first kappa shape index (κ1) is 24.8. The van der Waals surface area contributed by atoms with Gasteiger partial charge in [-0.3, -0.25) is 4.79 Å². The van der Waals surface area contributed by atoms with Gasteiger partial charge < -0.3 is 19.1 Å². The molecule has 1 saturated heterocycles. The Morgan fingerprint density at radius 3 is 1.91 bits per heavy atom. The van der Waals surface area contributed by atoms with E-state index in [-0.39, 0.29) is 11.8 Å². The Labute approximate surface area is 208 Å². The van der Waals surface area contributed by atoms with Crippen molar-refractivity contribution in [3.63, 3.8) is 0 Å². The van der Waals surface area contributed by atoms with Crippen molar-refractivity contribution in [1.82, 2.24) is 4.90 Å². The van der Waals surface area contributed by atoms with Gasteiger partial charge in [-0.2, -0.15) is 0 Å². The fraction of sp³-hybridized carbons (Fsp3) is 0.367. The molecule has 0 N–H and O–H groups in total. The standard InChI is InChI=1S/C30H35NO4/c1-33-27-17-24(18-28(19-27)34-2)22-35-21-23-13-15-31(16-14-23)30(32)20-29(25-9-5-3-6-10-25)26-11-7-4-8-12-26/h3-12,17-19,23,29H,13-16,20-22H2,1-2H3. The summed E-state index contributed by atoms with van der Waals surface area (Å²) in [5.41, 5.74) is 3.40. The summed E-state index contributed by atoms with van der Waals surface area (Å²) >= 11 is 0. The van der Waals surface area contributed by atoms with Crippen LogP contribution in [0, 0.1) is 5.92 Å². The summed E-state index contributed by atoms with van der Waals surface area (Å²) in [5, 5.41) is 0. The normalized spacial score (nSPS) is 14.2. The molecule has 184 valence electrons. The van der Waals surface area contributed by atoms with Crippen molar-refractivity contribution < 1.29 is 19.0 Å². The summed E-state index contributed by atoms with van der Waals surface area (Å²) in [6.07, 6.45) is 2.43. The Kier molecular flexibility index (Phi) is 8.79. The number of hydrogen-bond donors (Lipinski definition) is 0. The number of amides is 1. The van der Waals surface area contributed by atoms with Crippen molar-refractivity contribution >= 4 is 5.91 Å². The Bertz CT molecular complexity index is 1000. The second-order valence-corrected chi connectivity index (χ2v) is 9.14. The number of piperidine rings is 1. The molecular weight excluding hydrogens is 438 g/mol. The second-order valence-electron chi connectivity index (χ2n) is 9.14. The molecule has 4 rings (SSSR count). The van der Waals surface area contributed by atoms with Crippen LogP contribution in [0.4, 0.5) is 0 Å². The molecule has 1 fully saturated rings. The van der Waals surface area contributed by atoms with Crippen LogP contribution in [0.25, 0.3) is 0 Å². The van der Waals surface area contributed by atoms with Crippen LogP contribution in [0.2, 0.25) is 0 Å². The molecule has 0 radical (unpaired) electrons. The van der Waals surface area contributed by atoms with Crippen LogP contribution >= 0.6 is 0 Å². The molecule has 3 aromatic rings. The Balaban J connectivity index is 1.28. The lowest BCUT2D eigenvalue weighted by Gasteiger charge is -2.33. The Hall–Kier alpha value is -3.31. The number of rotatable bonds is 10. The van der Waals surface area contributed by atoms with E-state index >= 15 is 0 Å². The molecule has 0 unspecified atom stereocenters. The lowest BCUT2D eigenvalue weighted by Crippen LogP contribution is -2.40. The molecule has 1 aliphatic heterocycles. The van der Waals surface area contributed by atoms with Gasteiger partial charge in [0.05, 0.1) is 20.8 Å². The third kappa shape index (κ3) is 6.86. The van der Waals surface area contributed by atoms with Crippen LogP contribution in [0.15, 0.2) is 78.9 Å². The molecule has 0 atom stereocenters. The number of nitrogens with zero attached hydrogens (tertiary/aromatic N) is 1. The lowest BCUT2D eigenvalue weighted by atomic mass is 9.87. The third-order valence-corrected chi connectivity index (χ3v) is 6.78. The molecule has 1 amide bonds. The predicted octanol–water partition coefficient (Wildman–Crippen LogP) is 5.68. The highest BCUT2D eigenvalue weighted by atomic mass is 16.5. The van der Waals surface area contributed by atoms with Crippen molar-refractivity contribution in [1.29, 1.82) is 0 Å². The average Bonchev–Trinajstić information content (AvgIpc) is 2.92. The van der Waals surface area contributed by atoms with E-state index in [0.29, 0.717) is 25.6 Å². The number of ether oxygens (including phenoxy) is 3. The molecule has 35 heavy (non-hydrogen) atoms. The summed E-state index contributed by atoms with van der Waals surface area (Å²) in [4.78, 5) is 15.3. The van der Waals surface area contributed by atoms with Crippen molar-refractivity contribution in [3.05, 3.63) is 95.6 Å². The SMILES string of the molecule is COc1cc(COCC2CCN(C(=O)CC(c3ccccc3)c3ccccc3)CC2)cc(OC)c1. The first-order valence-electron chi connectivity index (χ1n) is 12.3. The molecule has 0 spiro atoms. The van der Waals surface area contributed by atoms with Gasteiger partial charge in [0.25, 0.3) is 0 Å². The molecule has 1 aliphatic rings. The smallest absolute Gasteiger partial charge is 0.223 e. The quantitative estimate of drug-likeness (QED) is 0.380. The number of hydrogen-bond acceptors (Lipinski definition) is 4. The van der Waals surface area contributed by atoms with Crippen LogP contribution in [0.5, 0.6) is 11.5 Å². The zero-order valence-corrected chi connectivity index (χ0v) is 20.7. The molecule has 0 bridgehead atoms. The Morgan fingerprint density at radius 2 is 1.40 bits per heavy atom. The van der Waals surface area contributed by atoms with Gasteiger partial charge in [0.2, 0.25) is 5.91 Å². The summed E-state index contributed by atoms with van der Waals surface area (Å²) < 4.78 is 16.7. The maximum atomic E-state index is 13.3. The minimum absolute atomic E-state index is 0.0748.